The van der Waals surface area contributed by atoms with Gasteiger partial charge in [0.1, 0.15) is 0 Å². The molecule has 0 spiro atoms. The number of nitrogens with zero attached hydrogens (tertiary/aromatic N) is 1. The molecule has 1 atom stereocenters. The maximum absolute atomic E-state index is 12.5. The highest BCUT2D eigenvalue weighted by atomic mass is 19.4. The number of amides is 1. The van der Waals surface area contributed by atoms with Crippen molar-refractivity contribution in [2.24, 2.45) is 0 Å². The molecule has 1 aromatic carbocycles. The summed E-state index contributed by atoms with van der Waals surface area (Å²) in [6.07, 6.45) is -3.57. The van der Waals surface area contributed by atoms with Gasteiger partial charge in [-0.05, 0) is 30.7 Å². The molecule has 20 heavy (non-hydrogen) atoms. The topological polar surface area (TPSA) is 32.3 Å². The molecular formula is C14H17F3N2O. The van der Waals surface area contributed by atoms with E-state index in [9.17, 15) is 18.0 Å². The number of nitrogens with one attached hydrogen (secondary N) is 1. The fourth-order valence-electron chi connectivity index (χ4n) is 2.41. The fourth-order valence-corrected chi connectivity index (χ4v) is 2.41. The molecule has 3 nitrogen and oxygen atoms in total. The molecule has 6 heteroatoms. The van der Waals surface area contributed by atoms with Crippen molar-refractivity contribution in [1.29, 1.82) is 0 Å². The summed E-state index contributed by atoms with van der Waals surface area (Å²) >= 11 is 0. The number of alkyl halides is 3. The van der Waals surface area contributed by atoms with Crippen LogP contribution in [0.4, 0.5) is 13.2 Å². The largest absolute Gasteiger partial charge is 0.416 e. The van der Waals surface area contributed by atoms with Crippen molar-refractivity contribution in [2.75, 3.05) is 13.1 Å². The highest BCUT2D eigenvalue weighted by Gasteiger charge is 2.31. The van der Waals surface area contributed by atoms with Crippen LogP contribution in [-0.4, -0.2) is 29.9 Å². The molecule has 1 aliphatic heterocycles. The van der Waals surface area contributed by atoms with Gasteiger partial charge in [-0.1, -0.05) is 19.1 Å². The van der Waals surface area contributed by atoms with Crippen molar-refractivity contribution in [3.63, 3.8) is 0 Å². The van der Waals surface area contributed by atoms with Crippen LogP contribution in [0, 0.1) is 0 Å². The summed E-state index contributed by atoms with van der Waals surface area (Å²) in [5.74, 6) is -0.00115. The van der Waals surface area contributed by atoms with Crippen LogP contribution in [0.1, 0.15) is 24.5 Å². The van der Waals surface area contributed by atoms with Gasteiger partial charge in [0.2, 0.25) is 5.91 Å². The zero-order valence-electron chi connectivity index (χ0n) is 11.2. The minimum absolute atomic E-state index is 0.00115. The second-order valence-corrected chi connectivity index (χ2v) is 4.85. The molecule has 1 saturated heterocycles. The van der Waals surface area contributed by atoms with E-state index >= 15 is 0 Å². The lowest BCUT2D eigenvalue weighted by Gasteiger charge is -2.25. The SMILES string of the molecule is CCN(Cc1ccc(C(F)(F)F)cc1)[C@@H]1CCNC1=O. The molecule has 110 valence electrons. The van der Waals surface area contributed by atoms with Crippen LogP contribution >= 0.6 is 0 Å². The van der Waals surface area contributed by atoms with Crippen LogP contribution in [0.25, 0.3) is 0 Å². The second kappa shape index (κ2) is 5.83. The number of likely N-dealkylation sites (N-methyl/N-ethyl adjacent to an activating group) is 1. The van der Waals surface area contributed by atoms with Crippen LogP contribution < -0.4 is 5.32 Å². The van der Waals surface area contributed by atoms with E-state index in [-0.39, 0.29) is 11.9 Å². The van der Waals surface area contributed by atoms with E-state index in [2.05, 4.69) is 5.32 Å². The van der Waals surface area contributed by atoms with E-state index < -0.39 is 11.7 Å². The van der Waals surface area contributed by atoms with Crippen molar-refractivity contribution >= 4 is 5.91 Å². The Morgan fingerprint density at radius 1 is 1.30 bits per heavy atom. The Bertz CT molecular complexity index is 470. The van der Waals surface area contributed by atoms with Crippen molar-refractivity contribution in [2.45, 2.75) is 32.1 Å². The molecule has 1 N–H and O–H groups in total. The first-order valence-corrected chi connectivity index (χ1v) is 6.59. The molecule has 0 unspecified atom stereocenters. The third-order valence-electron chi connectivity index (χ3n) is 3.53. The van der Waals surface area contributed by atoms with Gasteiger partial charge in [0.15, 0.2) is 0 Å². The van der Waals surface area contributed by atoms with Crippen LogP contribution in [0.15, 0.2) is 24.3 Å². The van der Waals surface area contributed by atoms with Gasteiger partial charge in [0, 0.05) is 13.1 Å². The molecule has 0 radical (unpaired) electrons. The quantitative estimate of drug-likeness (QED) is 0.922. The third-order valence-corrected chi connectivity index (χ3v) is 3.53. The molecular weight excluding hydrogens is 269 g/mol. The first-order valence-electron chi connectivity index (χ1n) is 6.59. The lowest BCUT2D eigenvalue weighted by Crippen LogP contribution is -2.40. The van der Waals surface area contributed by atoms with Gasteiger partial charge in [-0.2, -0.15) is 13.2 Å². The van der Waals surface area contributed by atoms with Crippen LogP contribution in [0.2, 0.25) is 0 Å². The number of rotatable bonds is 4. The third kappa shape index (κ3) is 3.30. The van der Waals surface area contributed by atoms with E-state index in [1.807, 2.05) is 11.8 Å². The Hall–Kier alpha value is -1.56. The van der Waals surface area contributed by atoms with E-state index in [1.165, 1.54) is 12.1 Å². The van der Waals surface area contributed by atoms with E-state index in [0.717, 1.165) is 24.1 Å². The van der Waals surface area contributed by atoms with Gasteiger partial charge < -0.3 is 5.32 Å². The van der Waals surface area contributed by atoms with Crippen molar-refractivity contribution < 1.29 is 18.0 Å². The summed E-state index contributed by atoms with van der Waals surface area (Å²) in [6.45, 7) is 3.76. The van der Waals surface area contributed by atoms with Gasteiger partial charge >= 0.3 is 6.18 Å². The molecule has 2 rings (SSSR count). The summed E-state index contributed by atoms with van der Waals surface area (Å²) in [5, 5.41) is 2.77. The molecule has 1 amide bonds. The normalized spacial score (nSPS) is 19.4. The van der Waals surface area contributed by atoms with Crippen LogP contribution in [0.3, 0.4) is 0 Å². The maximum Gasteiger partial charge on any atom is 0.416 e. The molecule has 1 aliphatic rings. The number of halogens is 3. The van der Waals surface area contributed by atoms with Gasteiger partial charge in [-0.3, -0.25) is 9.69 Å². The standard InChI is InChI=1S/C14H17F3N2O/c1-2-19(12-7-8-18-13(12)20)9-10-3-5-11(6-4-10)14(15,16)17/h3-6,12H,2,7-9H2,1H3,(H,18,20)/t12-/m1/s1. The summed E-state index contributed by atoms with van der Waals surface area (Å²) in [7, 11) is 0. The zero-order chi connectivity index (χ0) is 14.8. The number of benzene rings is 1. The summed E-state index contributed by atoms with van der Waals surface area (Å²) in [6, 6.07) is 4.93. The fraction of sp³-hybridized carbons (Fsp3) is 0.500. The molecule has 0 aliphatic carbocycles. The van der Waals surface area contributed by atoms with E-state index in [4.69, 9.17) is 0 Å². The van der Waals surface area contributed by atoms with Gasteiger partial charge in [0.25, 0.3) is 0 Å². The Balaban J connectivity index is 2.06. The molecule has 0 aromatic heterocycles. The summed E-state index contributed by atoms with van der Waals surface area (Å²) in [5.41, 5.74) is 0.127. The highest BCUT2D eigenvalue weighted by molar-refractivity contribution is 5.83. The molecule has 1 fully saturated rings. The first-order chi connectivity index (χ1) is 9.41. The van der Waals surface area contributed by atoms with Crippen molar-refractivity contribution in [1.82, 2.24) is 10.2 Å². The summed E-state index contributed by atoms with van der Waals surface area (Å²) in [4.78, 5) is 13.6. The van der Waals surface area contributed by atoms with Gasteiger partial charge in [-0.25, -0.2) is 0 Å². The molecule has 1 aromatic rings. The van der Waals surface area contributed by atoms with Gasteiger partial charge in [0.05, 0.1) is 11.6 Å². The van der Waals surface area contributed by atoms with Gasteiger partial charge in [-0.15, -0.1) is 0 Å². The zero-order valence-corrected chi connectivity index (χ0v) is 11.2. The van der Waals surface area contributed by atoms with Crippen LogP contribution in [-0.2, 0) is 17.5 Å². The smallest absolute Gasteiger partial charge is 0.355 e. The number of carbonyl (C=O) groups excluding carboxylic acids is 1. The Morgan fingerprint density at radius 3 is 2.40 bits per heavy atom. The number of hydrogen-bond acceptors (Lipinski definition) is 2. The minimum atomic E-state index is -4.31. The Labute approximate surface area is 115 Å². The number of carbonyl (C=O) groups is 1. The Kier molecular flexibility index (Phi) is 4.32. The van der Waals surface area contributed by atoms with E-state index in [1.54, 1.807) is 0 Å². The lowest BCUT2D eigenvalue weighted by molar-refractivity contribution is -0.137. The second-order valence-electron chi connectivity index (χ2n) is 4.85. The molecule has 1 heterocycles. The van der Waals surface area contributed by atoms with E-state index in [0.29, 0.717) is 19.6 Å². The van der Waals surface area contributed by atoms with Crippen LogP contribution in [0.5, 0.6) is 0 Å². The predicted octanol–water partition coefficient (Wildman–Crippen LogP) is 2.42. The number of hydrogen-bond donors (Lipinski definition) is 1. The monoisotopic (exact) mass is 286 g/mol. The lowest BCUT2D eigenvalue weighted by atomic mass is 10.1. The average molecular weight is 286 g/mol. The molecule has 0 bridgehead atoms. The minimum Gasteiger partial charge on any atom is -0.355 e. The predicted molar refractivity (Wildman–Crippen MR) is 68.9 cm³/mol. The highest BCUT2D eigenvalue weighted by Crippen LogP contribution is 2.29. The Morgan fingerprint density at radius 2 is 1.95 bits per heavy atom. The van der Waals surface area contributed by atoms with Crippen molar-refractivity contribution in [3.8, 4) is 0 Å². The first kappa shape index (κ1) is 14.8. The summed E-state index contributed by atoms with van der Waals surface area (Å²) < 4.78 is 37.4. The van der Waals surface area contributed by atoms with Crippen molar-refractivity contribution in [3.05, 3.63) is 35.4 Å². The maximum atomic E-state index is 12.5. The molecule has 0 saturated carbocycles. The average Bonchev–Trinajstić information content (AvgIpc) is 2.82.